The van der Waals surface area contributed by atoms with Crippen LogP contribution in [0.1, 0.15) is 37.7 Å². The molecule has 0 fully saturated rings. The van der Waals surface area contributed by atoms with E-state index < -0.39 is 5.41 Å². The lowest BCUT2D eigenvalue weighted by molar-refractivity contribution is -0.149. The molecule has 0 radical (unpaired) electrons. The van der Waals surface area contributed by atoms with Crippen molar-refractivity contribution in [2.24, 2.45) is 5.16 Å². The molecule has 0 aliphatic rings. The fourth-order valence-corrected chi connectivity index (χ4v) is 2.74. The summed E-state index contributed by atoms with van der Waals surface area (Å²) in [5.74, 6) is -0.295. The van der Waals surface area contributed by atoms with Crippen LogP contribution in [-0.2, 0) is 32.7 Å². The second kappa shape index (κ2) is 9.71. The normalized spacial score (nSPS) is 11.5. The van der Waals surface area contributed by atoms with E-state index in [1.165, 1.54) is 0 Å². The number of nitrogens with zero attached hydrogens (tertiary/aromatic N) is 3. The lowest BCUT2D eigenvalue weighted by atomic mass is 9.87. The van der Waals surface area contributed by atoms with Gasteiger partial charge in [0.25, 0.3) is 0 Å². The van der Waals surface area contributed by atoms with E-state index in [4.69, 9.17) is 9.57 Å². The summed E-state index contributed by atoms with van der Waals surface area (Å²) in [6.45, 7) is 10.4. The second-order valence-corrected chi connectivity index (χ2v) is 6.58. The molecule has 144 valence electrons. The molecular weight excluding hydrogens is 342 g/mol. The number of oxime groups is 1. The van der Waals surface area contributed by atoms with Crippen LogP contribution in [0, 0.1) is 0 Å². The van der Waals surface area contributed by atoms with E-state index in [0.717, 1.165) is 11.3 Å². The van der Waals surface area contributed by atoms with Gasteiger partial charge in [-0.05, 0) is 26.3 Å². The van der Waals surface area contributed by atoms with Crippen LogP contribution < -0.4 is 0 Å². The third kappa shape index (κ3) is 5.29. The Bertz CT molecular complexity index is 779. The van der Waals surface area contributed by atoms with Crippen molar-refractivity contribution >= 4 is 12.2 Å². The van der Waals surface area contributed by atoms with Crippen molar-refractivity contribution in [2.45, 2.75) is 39.2 Å². The minimum Gasteiger partial charge on any atom is -0.465 e. The predicted molar refractivity (Wildman–Crippen MR) is 106 cm³/mol. The Balaban J connectivity index is 2.33. The van der Waals surface area contributed by atoms with Gasteiger partial charge in [0, 0.05) is 24.9 Å². The van der Waals surface area contributed by atoms with E-state index >= 15 is 0 Å². The first kappa shape index (κ1) is 20.4. The molecule has 27 heavy (non-hydrogen) atoms. The topological polar surface area (TPSA) is 65.7 Å². The van der Waals surface area contributed by atoms with E-state index in [0.29, 0.717) is 31.9 Å². The molecule has 1 heterocycles. The van der Waals surface area contributed by atoms with Gasteiger partial charge in [-0.25, -0.2) is 4.98 Å². The van der Waals surface area contributed by atoms with E-state index in [9.17, 15) is 4.79 Å². The van der Waals surface area contributed by atoms with Gasteiger partial charge in [0.15, 0.2) is 0 Å². The quantitative estimate of drug-likeness (QED) is 0.211. The van der Waals surface area contributed by atoms with E-state index in [-0.39, 0.29) is 5.97 Å². The largest absolute Gasteiger partial charge is 0.465 e. The Morgan fingerprint density at radius 2 is 2.07 bits per heavy atom. The first-order valence-corrected chi connectivity index (χ1v) is 9.01. The van der Waals surface area contributed by atoms with Crippen LogP contribution >= 0.6 is 0 Å². The highest BCUT2D eigenvalue weighted by molar-refractivity contribution is 5.82. The third-order valence-corrected chi connectivity index (χ3v) is 4.15. The molecule has 1 aromatic heterocycles. The molecule has 2 aromatic rings. The minimum atomic E-state index is -0.858. The summed E-state index contributed by atoms with van der Waals surface area (Å²) in [6.07, 6.45) is 5.55. The number of rotatable bonds is 10. The number of hydrogen-bond donors (Lipinski definition) is 0. The van der Waals surface area contributed by atoms with E-state index in [2.05, 4.69) is 28.9 Å². The zero-order valence-electron chi connectivity index (χ0n) is 16.2. The Hall–Kier alpha value is -2.89. The maximum atomic E-state index is 12.5. The molecule has 6 heteroatoms. The van der Waals surface area contributed by atoms with Gasteiger partial charge < -0.3 is 14.1 Å². The fraction of sp³-hybridized carbons (Fsp3) is 0.381. The van der Waals surface area contributed by atoms with Crippen molar-refractivity contribution in [2.75, 3.05) is 13.2 Å². The van der Waals surface area contributed by atoms with E-state index in [1.807, 2.05) is 36.6 Å². The van der Waals surface area contributed by atoms with Gasteiger partial charge in [-0.3, -0.25) is 4.79 Å². The fourth-order valence-electron chi connectivity index (χ4n) is 2.74. The SMILES string of the molecule is C=CCO/N=C/Cc1c(C(C)(C)C(=O)OCC)ncn1Cc1ccccc1. The number of ether oxygens (including phenoxy) is 1. The zero-order chi connectivity index (χ0) is 19.7. The Morgan fingerprint density at radius 1 is 1.33 bits per heavy atom. The van der Waals surface area contributed by atoms with Crippen LogP contribution in [0.2, 0.25) is 0 Å². The van der Waals surface area contributed by atoms with Gasteiger partial charge in [0.05, 0.1) is 18.6 Å². The summed E-state index contributed by atoms with van der Waals surface area (Å²) in [5, 5.41) is 3.93. The summed E-state index contributed by atoms with van der Waals surface area (Å²) in [4.78, 5) is 22.1. The average molecular weight is 369 g/mol. The van der Waals surface area contributed by atoms with Crippen molar-refractivity contribution < 1.29 is 14.4 Å². The van der Waals surface area contributed by atoms with Crippen LogP contribution in [0.4, 0.5) is 0 Å². The molecule has 0 aliphatic heterocycles. The Morgan fingerprint density at radius 3 is 2.74 bits per heavy atom. The van der Waals surface area contributed by atoms with Gasteiger partial charge in [-0.2, -0.15) is 0 Å². The molecule has 0 atom stereocenters. The second-order valence-electron chi connectivity index (χ2n) is 6.58. The molecule has 0 spiro atoms. The summed E-state index contributed by atoms with van der Waals surface area (Å²) >= 11 is 0. The monoisotopic (exact) mass is 369 g/mol. The molecule has 2 rings (SSSR count). The first-order chi connectivity index (χ1) is 13.0. The average Bonchev–Trinajstić information content (AvgIpc) is 3.06. The number of imidazole rings is 1. The number of esters is 1. The molecule has 1 aromatic carbocycles. The molecule has 0 unspecified atom stereocenters. The maximum absolute atomic E-state index is 12.5. The van der Waals surface area contributed by atoms with Gasteiger partial charge in [-0.1, -0.05) is 48.1 Å². The first-order valence-electron chi connectivity index (χ1n) is 9.01. The highest BCUT2D eigenvalue weighted by Crippen LogP contribution is 2.27. The maximum Gasteiger partial charge on any atom is 0.317 e. The molecule has 0 aliphatic carbocycles. The smallest absolute Gasteiger partial charge is 0.317 e. The van der Waals surface area contributed by atoms with Gasteiger partial charge in [-0.15, -0.1) is 0 Å². The van der Waals surface area contributed by atoms with Crippen molar-refractivity contribution in [3.8, 4) is 0 Å². The lowest BCUT2D eigenvalue weighted by Crippen LogP contribution is -2.33. The minimum absolute atomic E-state index is 0.295. The van der Waals surface area contributed by atoms with Crippen molar-refractivity contribution in [1.82, 2.24) is 9.55 Å². The summed E-state index contributed by atoms with van der Waals surface area (Å²) < 4.78 is 7.28. The number of hydrogen-bond acceptors (Lipinski definition) is 5. The van der Waals surface area contributed by atoms with Gasteiger partial charge in [0.2, 0.25) is 0 Å². The highest BCUT2D eigenvalue weighted by Gasteiger charge is 2.36. The van der Waals surface area contributed by atoms with Crippen molar-refractivity contribution in [1.29, 1.82) is 0 Å². The highest BCUT2D eigenvalue weighted by atomic mass is 16.6. The lowest BCUT2D eigenvalue weighted by Gasteiger charge is -2.22. The van der Waals surface area contributed by atoms with Crippen LogP contribution in [-0.4, -0.2) is 34.9 Å². The van der Waals surface area contributed by atoms with Crippen molar-refractivity contribution in [3.63, 3.8) is 0 Å². The molecule has 0 saturated heterocycles. The summed E-state index contributed by atoms with van der Waals surface area (Å²) in [7, 11) is 0. The third-order valence-electron chi connectivity index (χ3n) is 4.15. The number of carbonyl (C=O) groups excluding carboxylic acids is 1. The predicted octanol–water partition coefficient (Wildman–Crippen LogP) is 3.50. The number of aromatic nitrogens is 2. The summed E-state index contributed by atoms with van der Waals surface area (Å²) in [6, 6.07) is 10.1. The van der Waals surface area contributed by atoms with Crippen LogP contribution in [0.3, 0.4) is 0 Å². The Labute approximate surface area is 160 Å². The molecule has 6 nitrogen and oxygen atoms in total. The van der Waals surface area contributed by atoms with Crippen LogP contribution in [0.15, 0.2) is 54.5 Å². The Kier molecular flexibility index (Phi) is 7.34. The van der Waals surface area contributed by atoms with E-state index in [1.54, 1.807) is 25.5 Å². The molecule has 0 N–H and O–H groups in total. The van der Waals surface area contributed by atoms with Crippen molar-refractivity contribution in [3.05, 3.63) is 66.3 Å². The molecular formula is C21H27N3O3. The summed E-state index contributed by atoms with van der Waals surface area (Å²) in [5.41, 5.74) is 1.88. The molecule has 0 amide bonds. The van der Waals surface area contributed by atoms with Gasteiger partial charge >= 0.3 is 5.97 Å². The zero-order valence-corrected chi connectivity index (χ0v) is 16.2. The molecule has 0 saturated carbocycles. The number of carbonyl (C=O) groups is 1. The van der Waals surface area contributed by atoms with Crippen LogP contribution in [0.25, 0.3) is 0 Å². The van der Waals surface area contributed by atoms with Crippen LogP contribution in [0.5, 0.6) is 0 Å². The van der Waals surface area contributed by atoms with Gasteiger partial charge in [0.1, 0.15) is 12.0 Å². The molecule has 0 bridgehead atoms. The standard InChI is InChI=1S/C21H27N3O3/c1-5-14-27-23-13-12-18-19(21(3,4)20(25)26-6-2)22-16-24(18)15-17-10-8-7-9-11-17/h5,7-11,13,16H,1,6,12,14-15H2,2-4H3/b23-13+. The number of benzene rings is 1.